The summed E-state index contributed by atoms with van der Waals surface area (Å²) in [6.45, 7) is 1.71. The zero-order valence-electron chi connectivity index (χ0n) is 10.7. The zero-order chi connectivity index (χ0) is 13.8. The van der Waals surface area contributed by atoms with Crippen LogP contribution in [-0.4, -0.2) is 23.0 Å². The Morgan fingerprint density at radius 1 is 1.32 bits per heavy atom. The number of amides is 1. The summed E-state index contributed by atoms with van der Waals surface area (Å²) in [6.07, 6.45) is 1.41. The Labute approximate surface area is 110 Å². The van der Waals surface area contributed by atoms with Gasteiger partial charge in [-0.25, -0.2) is 9.97 Å². The molecule has 0 atom stereocenters. The monoisotopic (exact) mass is 258 g/mol. The van der Waals surface area contributed by atoms with Crippen LogP contribution < -0.4 is 15.8 Å². The molecule has 0 aliphatic rings. The number of carbonyl (C=O) groups excluding carboxylic acids is 1. The highest BCUT2D eigenvalue weighted by atomic mass is 16.5. The number of hydrogen-bond donors (Lipinski definition) is 2. The fraction of sp³-hybridized carbons (Fsp3) is 0.154. The van der Waals surface area contributed by atoms with E-state index >= 15 is 0 Å². The van der Waals surface area contributed by atoms with Gasteiger partial charge in [0.1, 0.15) is 23.0 Å². The third-order valence-electron chi connectivity index (χ3n) is 2.53. The van der Waals surface area contributed by atoms with Crippen LogP contribution in [0.2, 0.25) is 0 Å². The molecule has 1 aromatic carbocycles. The van der Waals surface area contributed by atoms with Gasteiger partial charge in [0.15, 0.2) is 0 Å². The van der Waals surface area contributed by atoms with Gasteiger partial charge in [-0.05, 0) is 31.2 Å². The van der Waals surface area contributed by atoms with E-state index in [1.54, 1.807) is 38.3 Å². The number of aromatic nitrogens is 2. The van der Waals surface area contributed by atoms with Crippen molar-refractivity contribution in [3.05, 3.63) is 41.9 Å². The highest BCUT2D eigenvalue weighted by Gasteiger charge is 2.11. The molecule has 0 saturated carbocycles. The topological polar surface area (TPSA) is 90.1 Å². The second kappa shape index (κ2) is 5.34. The Balaban J connectivity index is 2.15. The SMILES string of the molecule is COc1ccc(NC(=O)c2cnc(C)nc2N)cc1. The smallest absolute Gasteiger partial charge is 0.260 e. The number of carbonyl (C=O) groups is 1. The molecule has 0 bridgehead atoms. The number of methoxy groups -OCH3 is 1. The predicted molar refractivity (Wildman–Crippen MR) is 72.1 cm³/mol. The Morgan fingerprint density at radius 2 is 2.00 bits per heavy atom. The van der Waals surface area contributed by atoms with Gasteiger partial charge < -0.3 is 15.8 Å². The number of hydrogen-bond acceptors (Lipinski definition) is 5. The maximum Gasteiger partial charge on any atom is 0.260 e. The van der Waals surface area contributed by atoms with Crippen LogP contribution in [0, 0.1) is 6.92 Å². The number of nitrogens with two attached hydrogens (primary N) is 1. The molecule has 2 rings (SSSR count). The lowest BCUT2D eigenvalue weighted by molar-refractivity contribution is 0.102. The summed E-state index contributed by atoms with van der Waals surface area (Å²) in [5.74, 6) is 1.07. The molecule has 0 spiro atoms. The first-order valence-corrected chi connectivity index (χ1v) is 5.64. The molecule has 0 aliphatic carbocycles. The minimum Gasteiger partial charge on any atom is -0.497 e. The van der Waals surface area contributed by atoms with Crippen molar-refractivity contribution >= 4 is 17.4 Å². The lowest BCUT2D eigenvalue weighted by atomic mass is 10.2. The summed E-state index contributed by atoms with van der Waals surface area (Å²) in [4.78, 5) is 19.9. The molecular weight excluding hydrogens is 244 g/mol. The average Bonchev–Trinajstić information content (AvgIpc) is 2.39. The van der Waals surface area contributed by atoms with Crippen molar-refractivity contribution in [2.24, 2.45) is 0 Å². The van der Waals surface area contributed by atoms with Gasteiger partial charge in [0.05, 0.1) is 7.11 Å². The van der Waals surface area contributed by atoms with Crippen molar-refractivity contribution in [2.75, 3.05) is 18.2 Å². The van der Waals surface area contributed by atoms with E-state index in [4.69, 9.17) is 10.5 Å². The van der Waals surface area contributed by atoms with Crippen LogP contribution in [0.15, 0.2) is 30.5 Å². The van der Waals surface area contributed by atoms with E-state index in [1.165, 1.54) is 6.20 Å². The summed E-state index contributed by atoms with van der Waals surface area (Å²) < 4.78 is 5.04. The molecule has 0 aliphatic heterocycles. The molecule has 6 heteroatoms. The minimum absolute atomic E-state index is 0.165. The molecule has 0 unspecified atom stereocenters. The summed E-state index contributed by atoms with van der Waals surface area (Å²) in [5.41, 5.74) is 6.59. The maximum atomic E-state index is 12.0. The van der Waals surface area contributed by atoms with Crippen molar-refractivity contribution in [3.63, 3.8) is 0 Å². The first-order valence-electron chi connectivity index (χ1n) is 5.64. The van der Waals surface area contributed by atoms with Gasteiger partial charge in [-0.15, -0.1) is 0 Å². The number of nitrogens with zero attached hydrogens (tertiary/aromatic N) is 2. The second-order valence-electron chi connectivity index (χ2n) is 3.90. The predicted octanol–water partition coefficient (Wildman–Crippen LogP) is 1.63. The lowest BCUT2D eigenvalue weighted by Gasteiger charge is -2.07. The molecule has 3 N–H and O–H groups in total. The fourth-order valence-electron chi connectivity index (χ4n) is 1.54. The number of nitrogen functional groups attached to an aromatic ring is 1. The van der Waals surface area contributed by atoms with E-state index in [0.717, 1.165) is 5.75 Å². The van der Waals surface area contributed by atoms with Crippen molar-refractivity contribution in [1.82, 2.24) is 9.97 Å². The summed E-state index contributed by atoms with van der Waals surface area (Å²) in [6, 6.07) is 6.99. The molecule has 0 saturated heterocycles. The Bertz CT molecular complexity index is 596. The highest BCUT2D eigenvalue weighted by Crippen LogP contribution is 2.16. The number of aryl methyl sites for hydroxylation is 1. The molecule has 2 aromatic rings. The van der Waals surface area contributed by atoms with Gasteiger partial charge in [0.2, 0.25) is 0 Å². The highest BCUT2D eigenvalue weighted by molar-refractivity contribution is 6.06. The van der Waals surface area contributed by atoms with E-state index in [0.29, 0.717) is 11.5 Å². The Kier molecular flexibility index (Phi) is 3.61. The normalized spacial score (nSPS) is 10.0. The van der Waals surface area contributed by atoms with Crippen molar-refractivity contribution in [2.45, 2.75) is 6.92 Å². The molecule has 98 valence electrons. The number of rotatable bonds is 3. The summed E-state index contributed by atoms with van der Waals surface area (Å²) >= 11 is 0. The number of nitrogens with one attached hydrogen (secondary N) is 1. The molecule has 1 heterocycles. The van der Waals surface area contributed by atoms with Gasteiger partial charge in [0.25, 0.3) is 5.91 Å². The van der Waals surface area contributed by atoms with E-state index in [1.807, 2.05) is 0 Å². The fourth-order valence-corrected chi connectivity index (χ4v) is 1.54. The van der Waals surface area contributed by atoms with Crippen molar-refractivity contribution in [3.8, 4) is 5.75 Å². The lowest BCUT2D eigenvalue weighted by Crippen LogP contribution is -2.15. The molecule has 6 nitrogen and oxygen atoms in total. The van der Waals surface area contributed by atoms with Crippen molar-refractivity contribution < 1.29 is 9.53 Å². The maximum absolute atomic E-state index is 12.0. The summed E-state index contributed by atoms with van der Waals surface area (Å²) in [7, 11) is 1.58. The van der Waals surface area contributed by atoms with Gasteiger partial charge in [-0.3, -0.25) is 4.79 Å². The van der Waals surface area contributed by atoms with Crippen molar-refractivity contribution in [1.29, 1.82) is 0 Å². The van der Waals surface area contributed by atoms with Gasteiger partial charge in [-0.1, -0.05) is 0 Å². The molecule has 1 amide bonds. The Morgan fingerprint density at radius 3 is 2.58 bits per heavy atom. The largest absolute Gasteiger partial charge is 0.497 e. The molecule has 0 fully saturated rings. The van der Waals surface area contributed by atoms with Gasteiger partial charge in [-0.2, -0.15) is 0 Å². The first kappa shape index (κ1) is 12.8. The number of benzene rings is 1. The minimum atomic E-state index is -0.345. The quantitative estimate of drug-likeness (QED) is 0.873. The molecule has 0 radical (unpaired) electrons. The van der Waals surface area contributed by atoms with Crippen LogP contribution in [0.5, 0.6) is 5.75 Å². The first-order chi connectivity index (χ1) is 9.10. The van der Waals surface area contributed by atoms with Gasteiger partial charge >= 0.3 is 0 Å². The zero-order valence-corrected chi connectivity index (χ0v) is 10.7. The molecular formula is C13H14N4O2. The van der Waals surface area contributed by atoms with Crippen LogP contribution in [0.3, 0.4) is 0 Å². The second-order valence-corrected chi connectivity index (χ2v) is 3.90. The number of ether oxygens (including phenoxy) is 1. The molecule has 1 aromatic heterocycles. The van der Waals surface area contributed by atoms with E-state index in [9.17, 15) is 4.79 Å². The van der Waals surface area contributed by atoms with E-state index in [2.05, 4.69) is 15.3 Å². The molecule has 19 heavy (non-hydrogen) atoms. The average molecular weight is 258 g/mol. The standard InChI is InChI=1S/C13H14N4O2/c1-8-15-7-11(12(14)16-8)13(18)17-9-3-5-10(19-2)6-4-9/h3-7H,1-2H3,(H,17,18)(H2,14,15,16). The van der Waals surface area contributed by atoms with E-state index < -0.39 is 0 Å². The van der Waals surface area contributed by atoms with Crippen LogP contribution in [0.25, 0.3) is 0 Å². The van der Waals surface area contributed by atoms with Crippen LogP contribution in [0.4, 0.5) is 11.5 Å². The summed E-state index contributed by atoms with van der Waals surface area (Å²) in [5, 5.41) is 2.72. The van der Waals surface area contributed by atoms with E-state index in [-0.39, 0.29) is 17.3 Å². The number of anilines is 2. The Hall–Kier alpha value is -2.63. The van der Waals surface area contributed by atoms with Crippen LogP contribution >= 0.6 is 0 Å². The van der Waals surface area contributed by atoms with Gasteiger partial charge in [0, 0.05) is 11.9 Å². The third kappa shape index (κ3) is 2.98. The van der Waals surface area contributed by atoms with Crippen LogP contribution in [0.1, 0.15) is 16.2 Å². The van der Waals surface area contributed by atoms with Crippen LogP contribution in [-0.2, 0) is 0 Å². The third-order valence-corrected chi connectivity index (χ3v) is 2.53.